The fourth-order valence-electron chi connectivity index (χ4n) is 1.99. The van der Waals surface area contributed by atoms with Crippen LogP contribution < -0.4 is 0 Å². The van der Waals surface area contributed by atoms with Crippen LogP contribution >= 0.6 is 0 Å². The molecule has 0 atom stereocenters. The van der Waals surface area contributed by atoms with E-state index < -0.39 is 9.84 Å². The molecule has 0 N–H and O–H groups in total. The van der Waals surface area contributed by atoms with E-state index in [2.05, 4.69) is 11.2 Å². The largest absolute Gasteiger partial charge is 0.245 e. The van der Waals surface area contributed by atoms with E-state index in [0.717, 1.165) is 22.3 Å². The van der Waals surface area contributed by atoms with Crippen molar-refractivity contribution in [2.45, 2.75) is 32.6 Å². The van der Waals surface area contributed by atoms with Crippen molar-refractivity contribution < 1.29 is 8.42 Å². The number of hydrogen-bond donors (Lipinski definition) is 0. The van der Waals surface area contributed by atoms with Crippen molar-refractivity contribution >= 4 is 9.84 Å². The quantitative estimate of drug-likeness (QED) is 0.752. The van der Waals surface area contributed by atoms with Crippen molar-refractivity contribution in [1.82, 2.24) is 0 Å². The number of hydrogen-bond acceptors (Lipinski definition) is 2. The van der Waals surface area contributed by atoms with Gasteiger partial charge in [-0.3, -0.25) is 0 Å². The smallest absolute Gasteiger partial charge is 0.210 e. The molecule has 0 aliphatic rings. The van der Waals surface area contributed by atoms with Gasteiger partial charge >= 0.3 is 0 Å². The highest BCUT2D eigenvalue weighted by atomic mass is 32.2. The summed E-state index contributed by atoms with van der Waals surface area (Å²) < 4.78 is 24.4. The van der Waals surface area contributed by atoms with Crippen LogP contribution in [0.15, 0.2) is 41.3 Å². The monoisotopic (exact) mass is 298 g/mol. The number of aryl methyl sites for hydroxylation is 4. The average molecular weight is 298 g/mol. The Bertz CT molecular complexity index is 833. The molecule has 0 aromatic heterocycles. The van der Waals surface area contributed by atoms with Crippen LogP contribution in [0, 0.1) is 38.9 Å². The molecule has 0 saturated carbocycles. The summed E-state index contributed by atoms with van der Waals surface area (Å²) in [5.74, 6) is 2.80. The van der Waals surface area contributed by atoms with E-state index >= 15 is 0 Å². The van der Waals surface area contributed by atoms with Crippen molar-refractivity contribution in [3.05, 3.63) is 64.2 Å². The summed E-state index contributed by atoms with van der Waals surface area (Å²) in [5.41, 5.74) is 5.06. The van der Waals surface area contributed by atoms with Gasteiger partial charge < -0.3 is 0 Å². The maximum absolute atomic E-state index is 12.2. The Morgan fingerprint density at radius 1 is 0.810 bits per heavy atom. The summed E-state index contributed by atoms with van der Waals surface area (Å²) in [4.78, 5) is 0.238. The van der Waals surface area contributed by atoms with Crippen LogP contribution in [0.3, 0.4) is 0 Å². The molecule has 0 aliphatic heterocycles. The molecule has 0 bridgehead atoms. The SMILES string of the molecule is Cc1ccc(S(=O)(=O)C#Cc2cc(C)c(C)cc2C)cc1. The Morgan fingerprint density at radius 3 is 2.00 bits per heavy atom. The first kappa shape index (κ1) is 15.3. The molecule has 0 unspecified atom stereocenters. The summed E-state index contributed by atoms with van der Waals surface area (Å²) in [7, 11) is -3.58. The maximum atomic E-state index is 12.2. The highest BCUT2D eigenvalue weighted by molar-refractivity contribution is 7.96. The minimum absolute atomic E-state index is 0.238. The molecule has 0 spiro atoms. The molecule has 2 aromatic rings. The van der Waals surface area contributed by atoms with E-state index in [1.165, 1.54) is 5.56 Å². The van der Waals surface area contributed by atoms with E-state index in [1.807, 2.05) is 39.8 Å². The Labute approximate surface area is 126 Å². The second-order valence-electron chi connectivity index (χ2n) is 5.29. The topological polar surface area (TPSA) is 34.1 Å². The van der Waals surface area contributed by atoms with Gasteiger partial charge in [0, 0.05) is 10.8 Å². The normalized spacial score (nSPS) is 10.9. The van der Waals surface area contributed by atoms with Crippen molar-refractivity contribution in [3.8, 4) is 11.2 Å². The Hall–Kier alpha value is -2.05. The number of benzene rings is 2. The minimum Gasteiger partial charge on any atom is -0.210 e. The molecule has 0 radical (unpaired) electrons. The fourth-order valence-corrected chi connectivity index (χ4v) is 2.85. The second-order valence-corrected chi connectivity index (χ2v) is 6.98. The van der Waals surface area contributed by atoms with Crippen molar-refractivity contribution in [1.29, 1.82) is 0 Å². The molecule has 21 heavy (non-hydrogen) atoms. The average Bonchev–Trinajstić information content (AvgIpc) is 2.42. The van der Waals surface area contributed by atoms with Gasteiger partial charge in [-0.25, -0.2) is 8.42 Å². The van der Waals surface area contributed by atoms with Crippen LogP contribution in [0.2, 0.25) is 0 Å². The lowest BCUT2D eigenvalue weighted by Gasteiger charge is -2.04. The van der Waals surface area contributed by atoms with Crippen LogP contribution in [0.1, 0.15) is 27.8 Å². The molecule has 0 saturated heterocycles. The maximum Gasteiger partial charge on any atom is 0.245 e. The molecule has 0 heterocycles. The zero-order valence-corrected chi connectivity index (χ0v) is 13.5. The fraction of sp³-hybridized carbons (Fsp3) is 0.222. The molecular weight excluding hydrogens is 280 g/mol. The van der Waals surface area contributed by atoms with E-state index in [-0.39, 0.29) is 4.90 Å². The van der Waals surface area contributed by atoms with E-state index in [0.29, 0.717) is 0 Å². The van der Waals surface area contributed by atoms with Gasteiger partial charge in [0.25, 0.3) is 0 Å². The first-order chi connectivity index (χ1) is 9.79. The van der Waals surface area contributed by atoms with Crippen LogP contribution in [-0.4, -0.2) is 8.42 Å². The first-order valence-electron chi connectivity index (χ1n) is 6.72. The standard InChI is InChI=1S/C18H18O2S/c1-13-5-7-18(8-6-13)21(19,20)10-9-17-12-15(3)14(2)11-16(17)4/h5-8,11-12H,1-4H3. The molecule has 2 nitrogen and oxygen atoms in total. The molecule has 0 amide bonds. The molecule has 0 fully saturated rings. The van der Waals surface area contributed by atoms with E-state index in [1.54, 1.807) is 24.3 Å². The summed E-state index contributed by atoms with van der Waals surface area (Å²) in [6.45, 7) is 7.88. The lowest BCUT2D eigenvalue weighted by atomic mass is 10.0. The lowest BCUT2D eigenvalue weighted by molar-refractivity contribution is 0.606. The molecule has 3 heteroatoms. The van der Waals surface area contributed by atoms with Gasteiger partial charge in [0.15, 0.2) is 0 Å². The second kappa shape index (κ2) is 5.75. The number of sulfone groups is 1. The lowest BCUT2D eigenvalue weighted by Crippen LogP contribution is -1.97. The van der Waals surface area contributed by atoms with Gasteiger partial charge in [-0.15, -0.1) is 0 Å². The summed E-state index contributed by atoms with van der Waals surface area (Å²) >= 11 is 0. The van der Waals surface area contributed by atoms with Crippen LogP contribution in [-0.2, 0) is 9.84 Å². The summed E-state index contributed by atoms with van der Waals surface area (Å²) in [6.07, 6.45) is 0. The third kappa shape index (κ3) is 3.53. The van der Waals surface area contributed by atoms with E-state index in [9.17, 15) is 8.42 Å². The van der Waals surface area contributed by atoms with Gasteiger partial charge in [-0.2, -0.15) is 0 Å². The van der Waals surface area contributed by atoms with Gasteiger partial charge in [0.05, 0.1) is 4.90 Å². The minimum atomic E-state index is -3.58. The van der Waals surface area contributed by atoms with Gasteiger partial charge in [-0.05, 0) is 68.5 Å². The Morgan fingerprint density at radius 2 is 1.38 bits per heavy atom. The van der Waals surface area contributed by atoms with Crippen molar-refractivity contribution in [3.63, 3.8) is 0 Å². The van der Waals surface area contributed by atoms with E-state index in [4.69, 9.17) is 0 Å². The van der Waals surface area contributed by atoms with Gasteiger partial charge in [-0.1, -0.05) is 23.8 Å². The first-order valence-corrected chi connectivity index (χ1v) is 8.20. The molecule has 2 aromatic carbocycles. The van der Waals surface area contributed by atoms with Gasteiger partial charge in [0.1, 0.15) is 0 Å². The zero-order chi connectivity index (χ0) is 15.6. The predicted octanol–water partition coefficient (Wildman–Crippen LogP) is 3.70. The molecule has 0 aliphatic carbocycles. The number of rotatable bonds is 1. The molecule has 2 rings (SSSR count). The van der Waals surface area contributed by atoms with Crippen molar-refractivity contribution in [2.24, 2.45) is 0 Å². The Balaban J connectivity index is 2.43. The predicted molar refractivity (Wildman–Crippen MR) is 85.9 cm³/mol. The van der Waals surface area contributed by atoms with Gasteiger partial charge in [0.2, 0.25) is 9.84 Å². The van der Waals surface area contributed by atoms with Crippen LogP contribution in [0.25, 0.3) is 0 Å². The van der Waals surface area contributed by atoms with Crippen LogP contribution in [0.4, 0.5) is 0 Å². The summed E-state index contributed by atoms with van der Waals surface area (Å²) in [6, 6.07) is 10.7. The highest BCUT2D eigenvalue weighted by Crippen LogP contribution is 2.15. The highest BCUT2D eigenvalue weighted by Gasteiger charge is 2.10. The van der Waals surface area contributed by atoms with Crippen LogP contribution in [0.5, 0.6) is 0 Å². The third-order valence-corrected chi connectivity index (χ3v) is 4.76. The molecule has 108 valence electrons. The third-order valence-electron chi connectivity index (χ3n) is 3.49. The summed E-state index contributed by atoms with van der Waals surface area (Å²) in [5, 5.41) is 2.42. The Kier molecular flexibility index (Phi) is 4.20. The molecular formula is C18H18O2S. The van der Waals surface area contributed by atoms with Crippen molar-refractivity contribution in [2.75, 3.05) is 0 Å². The zero-order valence-electron chi connectivity index (χ0n) is 12.7.